The molecular weight excluding hydrogens is 364 g/mol. The molecule has 4 rings (SSSR count). The average Bonchev–Trinajstić information content (AvgIpc) is 2.77. The Labute approximate surface area is 170 Å². The smallest absolute Gasteiger partial charge is 0.246 e. The van der Waals surface area contributed by atoms with E-state index in [-0.39, 0.29) is 5.91 Å². The Morgan fingerprint density at radius 2 is 2.21 bits per heavy atom. The number of carbonyl (C=O) groups excluding carboxylic acids is 1. The molecule has 0 atom stereocenters. The zero-order valence-corrected chi connectivity index (χ0v) is 16.5. The lowest BCUT2D eigenvalue weighted by Crippen LogP contribution is -2.33. The van der Waals surface area contributed by atoms with Crippen molar-refractivity contribution < 1.29 is 9.53 Å². The number of aromatic nitrogens is 2. The highest BCUT2D eigenvalue weighted by atomic mass is 16.5. The van der Waals surface area contributed by atoms with Gasteiger partial charge in [0.25, 0.3) is 0 Å². The number of rotatable bonds is 4. The fourth-order valence-electron chi connectivity index (χ4n) is 3.63. The predicted octanol–water partition coefficient (Wildman–Crippen LogP) is 3.69. The molecule has 6 heteroatoms. The Hall–Kier alpha value is -3.41. The molecule has 2 aromatic rings. The first-order chi connectivity index (χ1) is 14.1. The van der Waals surface area contributed by atoms with Crippen LogP contribution >= 0.6 is 0 Å². The number of hydrogen-bond donors (Lipinski definition) is 1. The van der Waals surface area contributed by atoms with Gasteiger partial charge in [0, 0.05) is 49.0 Å². The Bertz CT molecular complexity index is 1010. The van der Waals surface area contributed by atoms with Crippen molar-refractivity contribution in [2.75, 3.05) is 25.5 Å². The molecule has 0 saturated carbocycles. The highest BCUT2D eigenvalue weighted by molar-refractivity contribution is 5.92. The van der Waals surface area contributed by atoms with Crippen LogP contribution in [-0.2, 0) is 11.2 Å². The molecule has 0 unspecified atom stereocenters. The van der Waals surface area contributed by atoms with E-state index >= 15 is 0 Å². The minimum atomic E-state index is 0.00248. The first-order valence-electron chi connectivity index (χ1n) is 9.72. The minimum Gasteiger partial charge on any atom is -0.496 e. The minimum absolute atomic E-state index is 0.00248. The third-order valence-electron chi connectivity index (χ3n) is 5.27. The van der Waals surface area contributed by atoms with Crippen molar-refractivity contribution in [1.82, 2.24) is 14.9 Å². The van der Waals surface area contributed by atoms with Crippen LogP contribution in [0.25, 0.3) is 11.6 Å². The number of ether oxygens (including phenoxy) is 1. The van der Waals surface area contributed by atoms with Gasteiger partial charge in [-0.2, -0.15) is 0 Å². The summed E-state index contributed by atoms with van der Waals surface area (Å²) in [4.78, 5) is 23.1. The number of pyridine rings is 2. The van der Waals surface area contributed by atoms with E-state index in [0.29, 0.717) is 13.1 Å². The first kappa shape index (κ1) is 18.9. The summed E-state index contributed by atoms with van der Waals surface area (Å²) in [6, 6.07) is 3.93. The number of aryl methyl sites for hydroxylation is 1. The van der Waals surface area contributed by atoms with Gasteiger partial charge in [0.05, 0.1) is 7.11 Å². The van der Waals surface area contributed by atoms with Crippen molar-refractivity contribution in [1.29, 1.82) is 0 Å². The van der Waals surface area contributed by atoms with Gasteiger partial charge in [0.1, 0.15) is 11.6 Å². The van der Waals surface area contributed by atoms with Gasteiger partial charge >= 0.3 is 0 Å². The Kier molecular flexibility index (Phi) is 5.42. The highest BCUT2D eigenvalue weighted by Crippen LogP contribution is 2.29. The van der Waals surface area contributed by atoms with Gasteiger partial charge in [-0.05, 0) is 54.2 Å². The van der Waals surface area contributed by atoms with Gasteiger partial charge in [-0.15, -0.1) is 0 Å². The molecule has 6 nitrogen and oxygen atoms in total. The normalized spacial score (nSPS) is 16.2. The topological polar surface area (TPSA) is 67.4 Å². The van der Waals surface area contributed by atoms with E-state index in [4.69, 9.17) is 4.74 Å². The van der Waals surface area contributed by atoms with E-state index in [1.165, 1.54) is 0 Å². The van der Waals surface area contributed by atoms with Crippen molar-refractivity contribution in [2.45, 2.75) is 19.3 Å². The number of methoxy groups -OCH3 is 1. The number of hydrogen-bond acceptors (Lipinski definition) is 5. The van der Waals surface area contributed by atoms with Gasteiger partial charge in [-0.25, -0.2) is 4.98 Å². The number of nitrogens with one attached hydrogen (secondary N) is 1. The maximum absolute atomic E-state index is 12.6. The summed E-state index contributed by atoms with van der Waals surface area (Å²) in [6.07, 6.45) is 13.4. The summed E-state index contributed by atoms with van der Waals surface area (Å²) in [7, 11) is 1.66. The zero-order chi connectivity index (χ0) is 20.2. The molecule has 4 heterocycles. The Morgan fingerprint density at radius 1 is 1.31 bits per heavy atom. The van der Waals surface area contributed by atoms with Crippen molar-refractivity contribution in [3.63, 3.8) is 0 Å². The van der Waals surface area contributed by atoms with Gasteiger partial charge in [0.2, 0.25) is 5.91 Å². The fourth-order valence-corrected chi connectivity index (χ4v) is 3.63. The van der Waals surface area contributed by atoms with Crippen LogP contribution in [0.4, 0.5) is 5.82 Å². The van der Waals surface area contributed by atoms with Gasteiger partial charge in [0.15, 0.2) is 0 Å². The SMILES string of the molecule is C=C1CCc2cc(/C=C/C(=O)N3CC=C(c4cnccc4OC)CC3)cnc2N1. The third kappa shape index (κ3) is 4.21. The van der Waals surface area contributed by atoms with E-state index in [1.54, 1.807) is 25.6 Å². The van der Waals surface area contributed by atoms with Crippen LogP contribution in [0, 0.1) is 0 Å². The largest absolute Gasteiger partial charge is 0.496 e. The van der Waals surface area contributed by atoms with Crippen molar-refractivity contribution in [2.24, 2.45) is 0 Å². The molecule has 0 saturated heterocycles. The predicted molar refractivity (Wildman–Crippen MR) is 114 cm³/mol. The second-order valence-corrected chi connectivity index (χ2v) is 7.18. The number of anilines is 1. The van der Waals surface area contributed by atoms with Crippen molar-refractivity contribution >= 4 is 23.4 Å². The number of carbonyl (C=O) groups is 1. The summed E-state index contributed by atoms with van der Waals surface area (Å²) < 4.78 is 5.42. The van der Waals surface area contributed by atoms with Crippen LogP contribution in [0.15, 0.2) is 55.2 Å². The van der Waals surface area contributed by atoms with E-state index in [1.807, 2.05) is 23.2 Å². The van der Waals surface area contributed by atoms with Crippen LogP contribution < -0.4 is 10.1 Å². The van der Waals surface area contributed by atoms with Crippen LogP contribution in [0.1, 0.15) is 29.5 Å². The van der Waals surface area contributed by atoms with E-state index in [2.05, 4.69) is 34.0 Å². The van der Waals surface area contributed by atoms with Gasteiger partial charge < -0.3 is 15.0 Å². The molecule has 0 aliphatic carbocycles. The van der Waals surface area contributed by atoms with Crippen LogP contribution in [-0.4, -0.2) is 41.0 Å². The number of allylic oxidation sites excluding steroid dienone is 1. The molecule has 0 aromatic carbocycles. The van der Waals surface area contributed by atoms with Gasteiger partial charge in [-0.1, -0.05) is 12.7 Å². The van der Waals surface area contributed by atoms with Gasteiger partial charge in [-0.3, -0.25) is 9.78 Å². The molecule has 0 fully saturated rings. The summed E-state index contributed by atoms with van der Waals surface area (Å²) >= 11 is 0. The quantitative estimate of drug-likeness (QED) is 0.809. The molecule has 2 aliphatic heterocycles. The van der Waals surface area contributed by atoms with Crippen molar-refractivity contribution in [3.05, 3.63) is 71.8 Å². The van der Waals surface area contributed by atoms with Crippen LogP contribution in [0.5, 0.6) is 5.75 Å². The zero-order valence-electron chi connectivity index (χ0n) is 16.5. The number of amides is 1. The van der Waals surface area contributed by atoms with E-state index in [0.717, 1.165) is 58.8 Å². The molecule has 148 valence electrons. The molecule has 0 spiro atoms. The molecule has 29 heavy (non-hydrogen) atoms. The summed E-state index contributed by atoms with van der Waals surface area (Å²) in [5.74, 6) is 1.68. The maximum Gasteiger partial charge on any atom is 0.246 e. The lowest BCUT2D eigenvalue weighted by atomic mass is 10.00. The fraction of sp³-hybridized carbons (Fsp3) is 0.261. The molecule has 1 amide bonds. The monoisotopic (exact) mass is 388 g/mol. The van der Waals surface area contributed by atoms with E-state index < -0.39 is 0 Å². The lowest BCUT2D eigenvalue weighted by molar-refractivity contribution is -0.125. The highest BCUT2D eigenvalue weighted by Gasteiger charge is 2.18. The summed E-state index contributed by atoms with van der Waals surface area (Å²) in [5.41, 5.74) is 5.23. The number of fused-ring (bicyclic) bond motifs is 1. The Morgan fingerprint density at radius 3 is 3.00 bits per heavy atom. The molecule has 1 N–H and O–H groups in total. The third-order valence-corrected chi connectivity index (χ3v) is 5.27. The summed E-state index contributed by atoms with van der Waals surface area (Å²) in [6.45, 7) is 5.19. The second-order valence-electron chi connectivity index (χ2n) is 7.18. The Balaban J connectivity index is 1.41. The van der Waals surface area contributed by atoms with Crippen LogP contribution in [0.2, 0.25) is 0 Å². The lowest BCUT2D eigenvalue weighted by Gasteiger charge is -2.26. The molecule has 0 bridgehead atoms. The molecular formula is C23H24N4O2. The molecule has 0 radical (unpaired) electrons. The maximum atomic E-state index is 12.6. The number of nitrogens with zero attached hydrogens (tertiary/aromatic N) is 3. The van der Waals surface area contributed by atoms with Crippen molar-refractivity contribution in [3.8, 4) is 5.75 Å². The standard InChI is InChI=1S/C23H24N4O2/c1-16-3-5-19-13-17(14-25-23(19)26-16)4-6-22(28)27-11-8-18(9-12-27)20-15-24-10-7-21(20)29-2/h4,6-8,10,13-15H,1,3,5,9,11-12H2,2H3,(H,25,26)/b6-4+. The summed E-state index contributed by atoms with van der Waals surface area (Å²) in [5, 5.41) is 3.20. The van der Waals surface area contributed by atoms with Crippen LogP contribution in [0.3, 0.4) is 0 Å². The van der Waals surface area contributed by atoms with E-state index in [9.17, 15) is 4.79 Å². The molecule has 2 aromatic heterocycles. The second kappa shape index (κ2) is 8.31. The molecule has 2 aliphatic rings. The average molecular weight is 388 g/mol. The first-order valence-corrected chi connectivity index (χ1v) is 9.72.